The highest BCUT2D eigenvalue weighted by Gasteiger charge is 2.30. The van der Waals surface area contributed by atoms with Gasteiger partial charge in [0.05, 0.1) is 5.56 Å². The average molecular weight is 306 g/mol. The number of halogens is 4. The molecule has 0 amide bonds. The molecule has 0 radical (unpaired) electrons. The number of alkyl halides is 3. The summed E-state index contributed by atoms with van der Waals surface area (Å²) in [7, 11) is 0. The molecule has 0 saturated heterocycles. The molecule has 0 atom stereocenters. The monoisotopic (exact) mass is 305 g/mol. The summed E-state index contributed by atoms with van der Waals surface area (Å²) in [5.41, 5.74) is -0.236. The Morgan fingerprint density at radius 2 is 2.00 bits per heavy atom. The van der Waals surface area contributed by atoms with Crippen molar-refractivity contribution in [3.8, 4) is 11.8 Å². The van der Waals surface area contributed by atoms with Crippen molar-refractivity contribution in [1.82, 2.24) is 0 Å². The minimum Gasteiger partial charge on any atom is -0.384 e. The normalized spacial score (nSPS) is 10.6. The minimum absolute atomic E-state index is 0.399. The number of benzene rings is 1. The zero-order valence-corrected chi connectivity index (χ0v) is 10.7. The summed E-state index contributed by atoms with van der Waals surface area (Å²) < 4.78 is 38.0. The molecule has 0 bridgehead atoms. The number of nitrogens with one attached hydrogen (secondary N) is 1. The zero-order valence-electron chi connectivity index (χ0n) is 9.16. The van der Waals surface area contributed by atoms with Crippen LogP contribution in [0.1, 0.15) is 18.9 Å². The van der Waals surface area contributed by atoms with E-state index >= 15 is 0 Å². The molecular weight excluding hydrogens is 295 g/mol. The molecule has 1 nitrogen and oxygen atoms in total. The summed E-state index contributed by atoms with van der Waals surface area (Å²) in [5, 5.41) is 2.90. The molecule has 0 aliphatic heterocycles. The molecule has 5 heteroatoms. The molecule has 0 unspecified atom stereocenters. The van der Waals surface area contributed by atoms with E-state index in [-0.39, 0.29) is 0 Å². The summed E-state index contributed by atoms with van der Waals surface area (Å²) in [6.07, 6.45) is -3.73. The van der Waals surface area contributed by atoms with Crippen LogP contribution in [0.4, 0.5) is 18.9 Å². The highest BCUT2D eigenvalue weighted by molar-refractivity contribution is 9.10. The zero-order chi connectivity index (χ0) is 12.9. The Bertz CT molecular complexity index is 443. The highest BCUT2D eigenvalue weighted by atomic mass is 79.9. The molecule has 0 saturated carbocycles. The fourth-order valence-corrected chi connectivity index (χ4v) is 1.74. The van der Waals surface area contributed by atoms with Crippen LogP contribution in [-0.4, -0.2) is 6.54 Å². The maximum atomic E-state index is 12.5. The van der Waals surface area contributed by atoms with Crippen LogP contribution >= 0.6 is 15.9 Å². The van der Waals surface area contributed by atoms with Gasteiger partial charge in [-0.25, -0.2) is 0 Å². The molecule has 0 aromatic heterocycles. The summed E-state index contributed by atoms with van der Waals surface area (Å²) >= 11 is 3.06. The molecule has 1 aromatic carbocycles. The van der Waals surface area contributed by atoms with Crippen molar-refractivity contribution in [2.24, 2.45) is 0 Å². The van der Waals surface area contributed by atoms with Crippen LogP contribution in [0, 0.1) is 11.8 Å². The first-order valence-electron chi connectivity index (χ1n) is 4.95. The highest BCUT2D eigenvalue weighted by Crippen LogP contribution is 2.33. The Balaban J connectivity index is 2.78. The van der Waals surface area contributed by atoms with E-state index in [1.807, 2.05) is 0 Å². The summed E-state index contributed by atoms with van der Waals surface area (Å²) in [4.78, 5) is 0. The van der Waals surface area contributed by atoms with E-state index in [1.165, 1.54) is 0 Å². The molecule has 92 valence electrons. The van der Waals surface area contributed by atoms with Crippen LogP contribution in [0.2, 0.25) is 0 Å². The Morgan fingerprint density at radius 1 is 1.29 bits per heavy atom. The van der Waals surface area contributed by atoms with Crippen molar-refractivity contribution >= 4 is 21.6 Å². The fourth-order valence-electron chi connectivity index (χ4n) is 1.25. The number of hydrogen-bond donors (Lipinski definition) is 1. The second kappa shape index (κ2) is 5.97. The van der Waals surface area contributed by atoms with E-state index in [9.17, 15) is 13.2 Å². The van der Waals surface area contributed by atoms with Crippen molar-refractivity contribution < 1.29 is 13.2 Å². The van der Waals surface area contributed by atoms with Crippen molar-refractivity contribution in [1.29, 1.82) is 0 Å². The predicted molar refractivity (Wildman–Crippen MR) is 65.7 cm³/mol. The lowest BCUT2D eigenvalue weighted by Crippen LogP contribution is -2.07. The van der Waals surface area contributed by atoms with Gasteiger partial charge in [-0.1, -0.05) is 15.9 Å². The minimum atomic E-state index is -4.33. The van der Waals surface area contributed by atoms with Gasteiger partial charge >= 0.3 is 6.18 Å². The van der Waals surface area contributed by atoms with Gasteiger partial charge in [0.25, 0.3) is 0 Å². The van der Waals surface area contributed by atoms with E-state index in [0.29, 0.717) is 23.1 Å². The Morgan fingerprint density at radius 3 is 2.59 bits per heavy atom. The molecule has 0 spiro atoms. The van der Waals surface area contributed by atoms with Gasteiger partial charge in [0, 0.05) is 23.1 Å². The SMILES string of the molecule is CC#CCCNc1cc(Br)cc(C(F)(F)F)c1. The first-order valence-corrected chi connectivity index (χ1v) is 5.74. The van der Waals surface area contributed by atoms with Crippen molar-refractivity contribution in [2.45, 2.75) is 19.5 Å². The second-order valence-electron chi connectivity index (χ2n) is 3.33. The number of hydrogen-bond acceptors (Lipinski definition) is 1. The van der Waals surface area contributed by atoms with Crippen LogP contribution in [0.25, 0.3) is 0 Å². The first kappa shape index (κ1) is 13.9. The summed E-state index contributed by atoms with van der Waals surface area (Å²) in [6, 6.07) is 3.75. The van der Waals surface area contributed by atoms with Crippen molar-refractivity contribution in [2.75, 3.05) is 11.9 Å². The summed E-state index contributed by atoms with van der Waals surface area (Å²) in [5.74, 6) is 5.55. The van der Waals surface area contributed by atoms with Gasteiger partial charge < -0.3 is 5.32 Å². The van der Waals surface area contributed by atoms with E-state index in [2.05, 4.69) is 33.1 Å². The molecule has 17 heavy (non-hydrogen) atoms. The van der Waals surface area contributed by atoms with Gasteiger partial charge in [-0.2, -0.15) is 13.2 Å². The van der Waals surface area contributed by atoms with Crippen LogP contribution in [-0.2, 0) is 6.18 Å². The fraction of sp³-hybridized carbons (Fsp3) is 0.333. The predicted octanol–water partition coefficient (Wildman–Crippen LogP) is 4.29. The molecular formula is C12H11BrF3N. The molecule has 0 aliphatic rings. The average Bonchev–Trinajstić information content (AvgIpc) is 2.22. The molecule has 1 N–H and O–H groups in total. The largest absolute Gasteiger partial charge is 0.416 e. The van der Waals surface area contributed by atoms with Crippen LogP contribution < -0.4 is 5.32 Å². The Kier molecular flexibility index (Phi) is 4.88. The van der Waals surface area contributed by atoms with Gasteiger partial charge in [-0.05, 0) is 25.1 Å². The maximum absolute atomic E-state index is 12.5. The molecule has 0 aliphatic carbocycles. The van der Waals surface area contributed by atoms with E-state index in [0.717, 1.165) is 12.1 Å². The molecule has 0 fully saturated rings. The van der Waals surface area contributed by atoms with Gasteiger partial charge in [-0.15, -0.1) is 11.8 Å². The van der Waals surface area contributed by atoms with Crippen LogP contribution in [0.15, 0.2) is 22.7 Å². The number of rotatable bonds is 3. The van der Waals surface area contributed by atoms with Crippen LogP contribution in [0.3, 0.4) is 0 Å². The first-order chi connectivity index (χ1) is 7.93. The molecule has 0 heterocycles. The third-order valence-electron chi connectivity index (χ3n) is 1.98. The van der Waals surface area contributed by atoms with E-state index < -0.39 is 11.7 Å². The van der Waals surface area contributed by atoms with Gasteiger partial charge in [0.2, 0.25) is 0 Å². The van der Waals surface area contributed by atoms with Gasteiger partial charge in [0.15, 0.2) is 0 Å². The summed E-state index contributed by atoms with van der Waals surface area (Å²) in [6.45, 7) is 2.25. The third-order valence-corrected chi connectivity index (χ3v) is 2.44. The van der Waals surface area contributed by atoms with Gasteiger partial charge in [0.1, 0.15) is 0 Å². The third kappa shape index (κ3) is 4.70. The van der Waals surface area contributed by atoms with E-state index in [4.69, 9.17) is 0 Å². The Labute approximate surface area is 107 Å². The van der Waals surface area contributed by atoms with Crippen LogP contribution in [0.5, 0.6) is 0 Å². The van der Waals surface area contributed by atoms with E-state index in [1.54, 1.807) is 13.0 Å². The standard InChI is InChI=1S/C12H11BrF3N/c1-2-3-4-5-17-11-7-9(12(14,15)16)6-10(13)8-11/h6-8,17H,4-5H2,1H3. The lowest BCUT2D eigenvalue weighted by atomic mass is 10.2. The maximum Gasteiger partial charge on any atom is 0.416 e. The smallest absolute Gasteiger partial charge is 0.384 e. The second-order valence-corrected chi connectivity index (χ2v) is 4.25. The van der Waals surface area contributed by atoms with Crippen molar-refractivity contribution in [3.63, 3.8) is 0 Å². The molecule has 1 rings (SSSR count). The van der Waals surface area contributed by atoms with Gasteiger partial charge in [-0.3, -0.25) is 0 Å². The Hall–Kier alpha value is -1.15. The lowest BCUT2D eigenvalue weighted by Gasteiger charge is -2.11. The van der Waals surface area contributed by atoms with Crippen molar-refractivity contribution in [3.05, 3.63) is 28.2 Å². The lowest BCUT2D eigenvalue weighted by molar-refractivity contribution is -0.137. The topological polar surface area (TPSA) is 12.0 Å². The molecule has 1 aromatic rings. The quantitative estimate of drug-likeness (QED) is 0.649. The number of anilines is 1.